The molecule has 4 heteroatoms. The van der Waals surface area contributed by atoms with Crippen LogP contribution in [0.4, 0.5) is 0 Å². The summed E-state index contributed by atoms with van der Waals surface area (Å²) in [6.45, 7) is -0.0574. The molecule has 0 radical (unpaired) electrons. The quantitative estimate of drug-likeness (QED) is 0.728. The van der Waals surface area contributed by atoms with Crippen molar-refractivity contribution in [3.05, 3.63) is 29.5 Å². The number of benzene rings is 1. The zero-order chi connectivity index (χ0) is 8.55. The predicted molar refractivity (Wildman–Crippen MR) is 47.0 cm³/mol. The molecule has 0 spiro atoms. The van der Waals surface area contributed by atoms with E-state index < -0.39 is 0 Å². The van der Waals surface area contributed by atoms with Crippen LogP contribution in [0.15, 0.2) is 24.5 Å². The molecule has 3 nitrogen and oxygen atoms in total. The van der Waals surface area contributed by atoms with Crippen LogP contribution in [-0.2, 0) is 6.73 Å². The number of fused-ring (bicyclic) bond motifs is 1. The Labute approximate surface area is 74.2 Å². The summed E-state index contributed by atoms with van der Waals surface area (Å²) >= 11 is 5.76. The SMILES string of the molecule is OCn1cnc2cc(Cl)ccc21. The van der Waals surface area contributed by atoms with Gasteiger partial charge in [0, 0.05) is 5.02 Å². The topological polar surface area (TPSA) is 38.0 Å². The van der Waals surface area contributed by atoms with Gasteiger partial charge in [0.2, 0.25) is 0 Å². The molecule has 1 aromatic carbocycles. The third kappa shape index (κ3) is 1.07. The number of imidazole rings is 1. The van der Waals surface area contributed by atoms with Crippen molar-refractivity contribution < 1.29 is 5.11 Å². The molecule has 0 aliphatic heterocycles. The maximum atomic E-state index is 8.88. The van der Waals surface area contributed by atoms with E-state index in [0.29, 0.717) is 5.02 Å². The van der Waals surface area contributed by atoms with Crippen molar-refractivity contribution >= 4 is 22.6 Å². The second kappa shape index (κ2) is 2.77. The molecule has 0 atom stereocenters. The first-order chi connectivity index (χ1) is 5.81. The normalized spacial score (nSPS) is 10.8. The highest BCUT2D eigenvalue weighted by Gasteiger charge is 2.00. The molecule has 0 fully saturated rings. The number of hydrogen-bond donors (Lipinski definition) is 1. The number of aromatic nitrogens is 2. The van der Waals surface area contributed by atoms with E-state index in [2.05, 4.69) is 4.98 Å². The van der Waals surface area contributed by atoms with E-state index in [1.807, 2.05) is 6.07 Å². The van der Waals surface area contributed by atoms with Crippen LogP contribution in [-0.4, -0.2) is 14.7 Å². The van der Waals surface area contributed by atoms with Gasteiger partial charge in [0.25, 0.3) is 0 Å². The highest BCUT2D eigenvalue weighted by Crippen LogP contribution is 2.17. The van der Waals surface area contributed by atoms with Gasteiger partial charge in [0.1, 0.15) is 6.73 Å². The Morgan fingerprint density at radius 2 is 2.33 bits per heavy atom. The lowest BCUT2D eigenvalue weighted by Crippen LogP contribution is -1.92. The first-order valence-corrected chi connectivity index (χ1v) is 3.90. The van der Waals surface area contributed by atoms with Gasteiger partial charge < -0.3 is 9.67 Å². The summed E-state index contributed by atoms with van der Waals surface area (Å²) in [5.41, 5.74) is 1.69. The number of nitrogens with zero attached hydrogens (tertiary/aromatic N) is 2. The van der Waals surface area contributed by atoms with Gasteiger partial charge >= 0.3 is 0 Å². The third-order valence-corrected chi connectivity index (χ3v) is 1.97. The molecule has 0 bridgehead atoms. The van der Waals surface area contributed by atoms with Crippen LogP contribution < -0.4 is 0 Å². The monoisotopic (exact) mass is 182 g/mol. The molecular weight excluding hydrogens is 176 g/mol. The summed E-state index contributed by atoms with van der Waals surface area (Å²) in [7, 11) is 0. The summed E-state index contributed by atoms with van der Waals surface area (Å²) < 4.78 is 1.64. The Morgan fingerprint density at radius 1 is 1.50 bits per heavy atom. The van der Waals surface area contributed by atoms with Crippen molar-refractivity contribution in [2.45, 2.75) is 6.73 Å². The maximum absolute atomic E-state index is 8.88. The summed E-state index contributed by atoms with van der Waals surface area (Å²) in [5.74, 6) is 0. The molecule has 0 aliphatic rings. The van der Waals surface area contributed by atoms with Gasteiger partial charge in [0.05, 0.1) is 17.4 Å². The molecule has 0 unspecified atom stereocenters. The lowest BCUT2D eigenvalue weighted by molar-refractivity contribution is 0.215. The van der Waals surface area contributed by atoms with E-state index in [9.17, 15) is 0 Å². The number of aliphatic hydroxyl groups is 1. The standard InChI is InChI=1S/C8H7ClN2O/c9-6-1-2-8-7(3-6)10-4-11(8)5-12/h1-4,12H,5H2. The fourth-order valence-corrected chi connectivity index (χ4v) is 1.32. The molecule has 0 aliphatic carbocycles. The van der Waals surface area contributed by atoms with Gasteiger partial charge in [-0.1, -0.05) is 11.6 Å². The minimum atomic E-state index is -0.0574. The summed E-state index contributed by atoms with van der Waals surface area (Å²) in [6.07, 6.45) is 1.58. The maximum Gasteiger partial charge on any atom is 0.121 e. The van der Waals surface area contributed by atoms with E-state index in [1.54, 1.807) is 23.0 Å². The van der Waals surface area contributed by atoms with Crippen LogP contribution in [0.5, 0.6) is 0 Å². The molecular formula is C8H7ClN2O. The van der Waals surface area contributed by atoms with E-state index >= 15 is 0 Å². The molecule has 0 saturated carbocycles. The Balaban J connectivity index is 2.73. The molecule has 1 N–H and O–H groups in total. The van der Waals surface area contributed by atoms with Crippen LogP contribution in [0.2, 0.25) is 5.02 Å². The number of aliphatic hydroxyl groups excluding tert-OH is 1. The van der Waals surface area contributed by atoms with Crippen molar-refractivity contribution in [3.8, 4) is 0 Å². The Kier molecular flexibility index (Phi) is 1.75. The average molecular weight is 183 g/mol. The van der Waals surface area contributed by atoms with Gasteiger partial charge in [-0.2, -0.15) is 0 Å². The van der Waals surface area contributed by atoms with Gasteiger partial charge in [-0.25, -0.2) is 4.98 Å². The highest BCUT2D eigenvalue weighted by molar-refractivity contribution is 6.31. The van der Waals surface area contributed by atoms with Crippen molar-refractivity contribution in [2.24, 2.45) is 0 Å². The molecule has 1 heterocycles. The van der Waals surface area contributed by atoms with Crippen molar-refractivity contribution in [3.63, 3.8) is 0 Å². The van der Waals surface area contributed by atoms with E-state index in [4.69, 9.17) is 16.7 Å². The van der Waals surface area contributed by atoms with Gasteiger partial charge in [-0.15, -0.1) is 0 Å². The van der Waals surface area contributed by atoms with Crippen LogP contribution in [0.3, 0.4) is 0 Å². The van der Waals surface area contributed by atoms with Crippen molar-refractivity contribution in [1.29, 1.82) is 0 Å². The van der Waals surface area contributed by atoms with Gasteiger partial charge in [0.15, 0.2) is 0 Å². The molecule has 2 aromatic rings. The Morgan fingerprint density at radius 3 is 3.08 bits per heavy atom. The first-order valence-electron chi connectivity index (χ1n) is 3.52. The molecule has 12 heavy (non-hydrogen) atoms. The largest absolute Gasteiger partial charge is 0.376 e. The fraction of sp³-hybridized carbons (Fsp3) is 0.125. The second-order valence-electron chi connectivity index (χ2n) is 2.49. The second-order valence-corrected chi connectivity index (χ2v) is 2.93. The van der Waals surface area contributed by atoms with E-state index in [1.165, 1.54) is 0 Å². The highest BCUT2D eigenvalue weighted by atomic mass is 35.5. The molecule has 2 rings (SSSR count). The van der Waals surface area contributed by atoms with Crippen molar-refractivity contribution in [2.75, 3.05) is 0 Å². The first kappa shape index (κ1) is 7.58. The van der Waals surface area contributed by atoms with Crippen LogP contribution in [0.1, 0.15) is 0 Å². The predicted octanol–water partition coefficient (Wildman–Crippen LogP) is 1.64. The lowest BCUT2D eigenvalue weighted by Gasteiger charge is -1.96. The fourth-order valence-electron chi connectivity index (χ4n) is 1.15. The van der Waals surface area contributed by atoms with Crippen LogP contribution >= 0.6 is 11.6 Å². The third-order valence-electron chi connectivity index (χ3n) is 1.74. The average Bonchev–Trinajstić information content (AvgIpc) is 2.46. The summed E-state index contributed by atoms with van der Waals surface area (Å²) in [6, 6.07) is 5.38. The van der Waals surface area contributed by atoms with Gasteiger partial charge in [-0.05, 0) is 18.2 Å². The molecule has 0 saturated heterocycles. The molecule has 1 aromatic heterocycles. The Hall–Kier alpha value is -1.06. The zero-order valence-corrected chi connectivity index (χ0v) is 6.99. The Bertz CT molecular complexity index is 410. The van der Waals surface area contributed by atoms with Crippen LogP contribution in [0, 0.1) is 0 Å². The van der Waals surface area contributed by atoms with Gasteiger partial charge in [-0.3, -0.25) is 0 Å². The summed E-state index contributed by atoms with van der Waals surface area (Å²) in [4.78, 5) is 4.07. The van der Waals surface area contributed by atoms with Crippen LogP contribution in [0.25, 0.3) is 11.0 Å². The lowest BCUT2D eigenvalue weighted by atomic mass is 10.3. The van der Waals surface area contributed by atoms with Crippen molar-refractivity contribution in [1.82, 2.24) is 9.55 Å². The minimum Gasteiger partial charge on any atom is -0.376 e. The summed E-state index contributed by atoms with van der Waals surface area (Å²) in [5, 5.41) is 9.54. The molecule has 62 valence electrons. The number of halogens is 1. The van der Waals surface area contributed by atoms with E-state index in [0.717, 1.165) is 11.0 Å². The zero-order valence-electron chi connectivity index (χ0n) is 6.24. The smallest absolute Gasteiger partial charge is 0.121 e. The molecule has 0 amide bonds. The van der Waals surface area contributed by atoms with E-state index in [-0.39, 0.29) is 6.73 Å². The number of hydrogen-bond acceptors (Lipinski definition) is 2. The minimum absolute atomic E-state index is 0.0574. The number of rotatable bonds is 1.